The number of nitrogens with zero attached hydrogens (tertiary/aromatic N) is 3. The molecule has 0 radical (unpaired) electrons. The lowest BCUT2D eigenvalue weighted by Crippen LogP contribution is -2.38. The zero-order valence-corrected chi connectivity index (χ0v) is 13.0. The van der Waals surface area contributed by atoms with Crippen LogP contribution >= 0.6 is 0 Å². The Hall–Kier alpha value is -2.02. The SMILES string of the molecule is OCc1ccnc(-c2ccc(OCCN3CCOCC3)cc2)n1. The van der Waals surface area contributed by atoms with Crippen LogP contribution in [0.1, 0.15) is 5.69 Å². The van der Waals surface area contributed by atoms with Crippen molar-refractivity contribution in [3.63, 3.8) is 0 Å². The second-order valence-electron chi connectivity index (χ2n) is 5.36. The molecular weight excluding hydrogens is 294 g/mol. The number of aromatic nitrogens is 2. The zero-order chi connectivity index (χ0) is 15.9. The number of morpholine rings is 1. The number of ether oxygens (including phenoxy) is 2. The molecule has 2 aromatic rings. The molecule has 2 heterocycles. The molecule has 0 amide bonds. The van der Waals surface area contributed by atoms with Crippen molar-refractivity contribution in [1.29, 1.82) is 0 Å². The number of hydrogen-bond acceptors (Lipinski definition) is 6. The molecule has 1 aliphatic heterocycles. The van der Waals surface area contributed by atoms with Gasteiger partial charge in [0.05, 0.1) is 25.5 Å². The van der Waals surface area contributed by atoms with E-state index in [1.807, 2.05) is 24.3 Å². The molecule has 1 aliphatic rings. The number of aliphatic hydroxyl groups excluding tert-OH is 1. The Balaban J connectivity index is 1.54. The van der Waals surface area contributed by atoms with Crippen molar-refractivity contribution in [3.8, 4) is 17.1 Å². The van der Waals surface area contributed by atoms with Gasteiger partial charge in [-0.25, -0.2) is 9.97 Å². The summed E-state index contributed by atoms with van der Waals surface area (Å²) in [4.78, 5) is 10.9. The van der Waals surface area contributed by atoms with Gasteiger partial charge in [-0.15, -0.1) is 0 Å². The van der Waals surface area contributed by atoms with Gasteiger partial charge in [-0.2, -0.15) is 0 Å². The van der Waals surface area contributed by atoms with E-state index in [-0.39, 0.29) is 6.61 Å². The fourth-order valence-electron chi connectivity index (χ4n) is 2.44. The topological polar surface area (TPSA) is 67.7 Å². The predicted molar refractivity (Wildman–Crippen MR) is 86.1 cm³/mol. The van der Waals surface area contributed by atoms with E-state index in [0.29, 0.717) is 18.1 Å². The number of aliphatic hydroxyl groups is 1. The van der Waals surface area contributed by atoms with E-state index in [2.05, 4.69) is 14.9 Å². The molecule has 6 heteroatoms. The highest BCUT2D eigenvalue weighted by molar-refractivity contribution is 5.56. The molecule has 0 bridgehead atoms. The van der Waals surface area contributed by atoms with Gasteiger partial charge in [0.25, 0.3) is 0 Å². The molecule has 1 aromatic carbocycles. The summed E-state index contributed by atoms with van der Waals surface area (Å²) in [7, 11) is 0. The highest BCUT2D eigenvalue weighted by Crippen LogP contribution is 2.19. The second kappa shape index (κ2) is 8.01. The van der Waals surface area contributed by atoms with Crippen LogP contribution in [0.4, 0.5) is 0 Å². The zero-order valence-electron chi connectivity index (χ0n) is 13.0. The van der Waals surface area contributed by atoms with Crippen molar-refractivity contribution in [3.05, 3.63) is 42.2 Å². The van der Waals surface area contributed by atoms with Crippen LogP contribution in [-0.2, 0) is 11.3 Å². The Bertz CT molecular complexity index is 613. The Morgan fingerprint density at radius 3 is 2.65 bits per heavy atom. The van der Waals surface area contributed by atoms with E-state index in [0.717, 1.165) is 44.2 Å². The summed E-state index contributed by atoms with van der Waals surface area (Å²) >= 11 is 0. The van der Waals surface area contributed by atoms with Gasteiger partial charge in [0.1, 0.15) is 12.4 Å². The highest BCUT2D eigenvalue weighted by atomic mass is 16.5. The Morgan fingerprint density at radius 2 is 1.91 bits per heavy atom. The quantitative estimate of drug-likeness (QED) is 0.868. The maximum absolute atomic E-state index is 9.14. The van der Waals surface area contributed by atoms with E-state index in [4.69, 9.17) is 14.6 Å². The van der Waals surface area contributed by atoms with Gasteiger partial charge in [0, 0.05) is 31.4 Å². The van der Waals surface area contributed by atoms with E-state index in [1.165, 1.54) is 0 Å². The minimum absolute atomic E-state index is 0.0851. The summed E-state index contributed by atoms with van der Waals surface area (Å²) in [5, 5.41) is 9.14. The fraction of sp³-hybridized carbons (Fsp3) is 0.412. The van der Waals surface area contributed by atoms with Gasteiger partial charge in [0.15, 0.2) is 5.82 Å². The van der Waals surface area contributed by atoms with Gasteiger partial charge in [-0.05, 0) is 30.3 Å². The summed E-state index contributed by atoms with van der Waals surface area (Å²) in [6, 6.07) is 9.40. The first-order valence-corrected chi connectivity index (χ1v) is 7.81. The van der Waals surface area contributed by atoms with Gasteiger partial charge >= 0.3 is 0 Å². The molecular formula is C17H21N3O3. The third-order valence-corrected chi connectivity index (χ3v) is 3.77. The number of hydrogen-bond donors (Lipinski definition) is 1. The van der Waals surface area contributed by atoms with Crippen molar-refractivity contribution in [2.24, 2.45) is 0 Å². The molecule has 1 aromatic heterocycles. The smallest absolute Gasteiger partial charge is 0.159 e. The van der Waals surface area contributed by atoms with Crippen molar-refractivity contribution < 1.29 is 14.6 Å². The van der Waals surface area contributed by atoms with Crippen LogP contribution in [0.15, 0.2) is 36.5 Å². The molecule has 3 rings (SSSR count). The lowest BCUT2D eigenvalue weighted by Gasteiger charge is -2.26. The maximum Gasteiger partial charge on any atom is 0.159 e. The molecule has 0 saturated carbocycles. The van der Waals surface area contributed by atoms with Crippen molar-refractivity contribution in [2.45, 2.75) is 6.61 Å². The van der Waals surface area contributed by atoms with E-state index in [1.54, 1.807) is 12.3 Å². The molecule has 0 aliphatic carbocycles. The largest absolute Gasteiger partial charge is 0.492 e. The minimum atomic E-state index is -0.0851. The number of benzene rings is 1. The standard InChI is InChI=1S/C17H21N3O3/c21-13-15-5-6-18-17(19-15)14-1-3-16(4-2-14)23-12-9-20-7-10-22-11-8-20/h1-6,21H,7-13H2. The van der Waals surface area contributed by atoms with Crippen LogP contribution < -0.4 is 4.74 Å². The summed E-state index contributed by atoms with van der Waals surface area (Å²) in [5.41, 5.74) is 1.52. The second-order valence-corrected chi connectivity index (χ2v) is 5.36. The van der Waals surface area contributed by atoms with Crippen LogP contribution in [0.5, 0.6) is 5.75 Å². The Labute approximate surface area is 135 Å². The summed E-state index contributed by atoms with van der Waals surface area (Å²) < 4.78 is 11.1. The lowest BCUT2D eigenvalue weighted by atomic mass is 10.2. The summed E-state index contributed by atoms with van der Waals surface area (Å²) in [6.07, 6.45) is 1.65. The molecule has 0 atom stereocenters. The fourth-order valence-corrected chi connectivity index (χ4v) is 2.44. The maximum atomic E-state index is 9.14. The highest BCUT2D eigenvalue weighted by Gasteiger charge is 2.09. The average molecular weight is 315 g/mol. The monoisotopic (exact) mass is 315 g/mol. The van der Waals surface area contributed by atoms with Crippen LogP contribution in [0.25, 0.3) is 11.4 Å². The number of rotatable bonds is 6. The van der Waals surface area contributed by atoms with Crippen molar-refractivity contribution >= 4 is 0 Å². The lowest BCUT2D eigenvalue weighted by molar-refractivity contribution is 0.0322. The van der Waals surface area contributed by atoms with E-state index >= 15 is 0 Å². The van der Waals surface area contributed by atoms with Crippen molar-refractivity contribution in [2.75, 3.05) is 39.5 Å². The van der Waals surface area contributed by atoms with E-state index in [9.17, 15) is 0 Å². The molecule has 0 unspecified atom stereocenters. The Morgan fingerprint density at radius 1 is 1.13 bits per heavy atom. The van der Waals surface area contributed by atoms with Crippen LogP contribution in [0.2, 0.25) is 0 Å². The molecule has 6 nitrogen and oxygen atoms in total. The van der Waals surface area contributed by atoms with Gasteiger partial charge < -0.3 is 14.6 Å². The molecule has 0 spiro atoms. The van der Waals surface area contributed by atoms with Crippen LogP contribution in [0, 0.1) is 0 Å². The molecule has 23 heavy (non-hydrogen) atoms. The Kier molecular flexibility index (Phi) is 5.52. The average Bonchev–Trinajstić information content (AvgIpc) is 2.63. The third kappa shape index (κ3) is 4.48. The molecule has 1 saturated heterocycles. The first-order chi connectivity index (χ1) is 11.3. The minimum Gasteiger partial charge on any atom is -0.492 e. The third-order valence-electron chi connectivity index (χ3n) is 3.77. The van der Waals surface area contributed by atoms with Crippen LogP contribution in [0.3, 0.4) is 0 Å². The normalized spacial score (nSPS) is 15.5. The molecule has 1 N–H and O–H groups in total. The van der Waals surface area contributed by atoms with Crippen LogP contribution in [-0.4, -0.2) is 59.4 Å². The predicted octanol–water partition coefficient (Wildman–Crippen LogP) is 1.35. The molecule has 1 fully saturated rings. The first-order valence-electron chi connectivity index (χ1n) is 7.81. The summed E-state index contributed by atoms with van der Waals surface area (Å²) in [6.45, 7) is 5.05. The van der Waals surface area contributed by atoms with Crippen molar-refractivity contribution in [1.82, 2.24) is 14.9 Å². The van der Waals surface area contributed by atoms with Gasteiger partial charge in [-0.1, -0.05) is 0 Å². The van der Waals surface area contributed by atoms with E-state index < -0.39 is 0 Å². The summed E-state index contributed by atoms with van der Waals surface area (Å²) in [5.74, 6) is 1.44. The molecule has 122 valence electrons. The first kappa shape index (κ1) is 15.9. The van der Waals surface area contributed by atoms with Gasteiger partial charge in [-0.3, -0.25) is 4.90 Å². The van der Waals surface area contributed by atoms with Gasteiger partial charge in [0.2, 0.25) is 0 Å².